The average molecular weight is 568 g/mol. The highest BCUT2D eigenvalue weighted by atomic mass is 16.2. The highest BCUT2D eigenvalue weighted by Gasteiger charge is 2.57. The minimum absolute atomic E-state index is 0.192. The van der Waals surface area contributed by atoms with Crippen LogP contribution >= 0.6 is 0 Å². The third-order valence-electron chi connectivity index (χ3n) is 15.0. The van der Waals surface area contributed by atoms with Crippen LogP contribution in [-0.2, 0) is 15.0 Å². The molecule has 1 aromatic rings. The van der Waals surface area contributed by atoms with Crippen LogP contribution in [0.3, 0.4) is 0 Å². The minimum atomic E-state index is -0.199. The molecular formula is C37H49N3O2. The average Bonchev–Trinajstić information content (AvgIpc) is 2.91. The molecule has 12 saturated carbocycles. The van der Waals surface area contributed by atoms with Crippen LogP contribution in [0.1, 0.15) is 121 Å². The van der Waals surface area contributed by atoms with Crippen molar-refractivity contribution in [3.8, 4) is 0 Å². The summed E-state index contributed by atoms with van der Waals surface area (Å²) in [6.07, 6.45) is 22.5. The van der Waals surface area contributed by atoms with Crippen molar-refractivity contribution in [3.63, 3.8) is 0 Å². The van der Waals surface area contributed by atoms with Gasteiger partial charge in [-0.15, -0.1) is 0 Å². The summed E-state index contributed by atoms with van der Waals surface area (Å²) in [6.45, 7) is 0. The monoisotopic (exact) mass is 567 g/mol. The maximum absolute atomic E-state index is 14.1. The SMILES string of the molecule is O=C(Nc1cc(C23CC4CC(CC(C4)C2)C3)cc(NC(=O)C23CC4CC(CC(C4)C2)C3)n1)C12CC3CC(CC(C3)C1)C2. The molecular weight excluding hydrogens is 518 g/mol. The molecule has 2 N–H and O–H groups in total. The number of nitrogens with one attached hydrogen (secondary N) is 2. The zero-order valence-electron chi connectivity index (χ0n) is 25.3. The number of carbonyl (C=O) groups excluding carboxylic acids is 2. The molecule has 0 atom stereocenters. The first kappa shape index (κ1) is 25.4. The first-order valence-electron chi connectivity index (χ1n) is 18.0. The molecule has 12 aliphatic carbocycles. The number of rotatable bonds is 5. The molecule has 224 valence electrons. The van der Waals surface area contributed by atoms with Crippen molar-refractivity contribution in [2.45, 2.75) is 121 Å². The Morgan fingerprint density at radius 3 is 1.10 bits per heavy atom. The minimum Gasteiger partial charge on any atom is -0.310 e. The zero-order chi connectivity index (χ0) is 27.8. The van der Waals surface area contributed by atoms with E-state index in [-0.39, 0.29) is 28.1 Å². The van der Waals surface area contributed by atoms with Crippen molar-refractivity contribution >= 4 is 23.5 Å². The zero-order valence-corrected chi connectivity index (χ0v) is 25.3. The lowest BCUT2D eigenvalue weighted by Crippen LogP contribution is -2.52. The van der Waals surface area contributed by atoms with Gasteiger partial charge in [-0.25, -0.2) is 4.98 Å². The quantitative estimate of drug-likeness (QED) is 0.380. The Bertz CT molecular complexity index is 1160. The molecule has 1 heterocycles. The van der Waals surface area contributed by atoms with Crippen molar-refractivity contribution in [2.75, 3.05) is 10.6 Å². The van der Waals surface area contributed by atoms with Gasteiger partial charge in [0.1, 0.15) is 11.6 Å². The standard InChI is InChI=1S/C37H49N3O2/c41-33(36-15-24-4-25(16-36)6-26(5-24)17-36)39-31-10-30(35-12-21-1-22(13-35)3-23(2-21)14-35)11-32(38-31)40-34(42)37-18-27-7-28(19-37)9-29(8-27)20-37/h10-11,21-29H,1-9,12-20H2,(H2,38,39,40,41,42). The molecule has 12 bridgehead atoms. The number of pyridine rings is 1. The van der Waals surface area contributed by atoms with Crippen molar-refractivity contribution in [1.82, 2.24) is 4.98 Å². The molecule has 0 radical (unpaired) electrons. The largest absolute Gasteiger partial charge is 0.310 e. The summed E-state index contributed by atoms with van der Waals surface area (Å²) in [5, 5.41) is 6.84. The number of hydrogen-bond donors (Lipinski definition) is 2. The van der Waals surface area contributed by atoms with Gasteiger partial charge in [0.25, 0.3) is 0 Å². The molecule has 5 heteroatoms. The summed E-state index contributed by atoms with van der Waals surface area (Å²) in [5.74, 6) is 8.81. The second-order valence-electron chi connectivity index (χ2n) is 18.1. The fourth-order valence-electron chi connectivity index (χ4n) is 14.7. The van der Waals surface area contributed by atoms with E-state index in [0.717, 1.165) is 91.8 Å². The van der Waals surface area contributed by atoms with Crippen molar-refractivity contribution < 1.29 is 9.59 Å². The van der Waals surface area contributed by atoms with E-state index >= 15 is 0 Å². The first-order chi connectivity index (χ1) is 20.3. The molecule has 42 heavy (non-hydrogen) atoms. The van der Waals surface area contributed by atoms with E-state index in [0.29, 0.717) is 11.6 Å². The van der Waals surface area contributed by atoms with Gasteiger partial charge in [0.15, 0.2) is 0 Å². The fourth-order valence-corrected chi connectivity index (χ4v) is 14.7. The van der Waals surface area contributed by atoms with Crippen LogP contribution in [0.4, 0.5) is 11.6 Å². The molecule has 0 unspecified atom stereocenters. The summed E-state index contributed by atoms with van der Waals surface area (Å²) < 4.78 is 0. The van der Waals surface area contributed by atoms with Gasteiger partial charge < -0.3 is 10.6 Å². The summed E-state index contributed by atoms with van der Waals surface area (Å²) in [4.78, 5) is 33.3. The molecule has 13 rings (SSSR count). The Balaban J connectivity index is 0.984. The lowest BCUT2D eigenvalue weighted by atomic mass is 9.48. The molecule has 0 aromatic carbocycles. The van der Waals surface area contributed by atoms with E-state index in [1.54, 1.807) is 0 Å². The maximum atomic E-state index is 14.1. The molecule has 1 aromatic heterocycles. The summed E-state index contributed by atoms with van der Waals surface area (Å²) >= 11 is 0. The number of nitrogens with zero attached hydrogens (tertiary/aromatic N) is 1. The van der Waals surface area contributed by atoms with E-state index in [4.69, 9.17) is 4.98 Å². The van der Waals surface area contributed by atoms with Crippen LogP contribution < -0.4 is 10.6 Å². The van der Waals surface area contributed by atoms with Crippen molar-refractivity contribution in [3.05, 3.63) is 17.7 Å². The number of hydrogen-bond acceptors (Lipinski definition) is 3. The van der Waals surface area contributed by atoms with Gasteiger partial charge in [-0.1, -0.05) is 0 Å². The van der Waals surface area contributed by atoms with E-state index in [9.17, 15) is 9.59 Å². The van der Waals surface area contributed by atoms with Crippen LogP contribution in [-0.4, -0.2) is 16.8 Å². The second-order valence-corrected chi connectivity index (χ2v) is 18.1. The smallest absolute Gasteiger partial charge is 0.231 e. The third-order valence-corrected chi connectivity index (χ3v) is 15.0. The number of anilines is 2. The summed E-state index contributed by atoms with van der Waals surface area (Å²) in [5.41, 5.74) is 1.14. The Morgan fingerprint density at radius 2 is 0.786 bits per heavy atom. The third kappa shape index (κ3) is 3.82. The Labute approximate surface area is 251 Å². The van der Waals surface area contributed by atoms with Gasteiger partial charge in [-0.2, -0.15) is 0 Å². The molecule has 0 saturated heterocycles. The molecule has 2 amide bonds. The van der Waals surface area contributed by atoms with Gasteiger partial charge in [0.2, 0.25) is 11.8 Å². The number of aromatic nitrogens is 1. The van der Waals surface area contributed by atoms with Crippen LogP contribution in [0.25, 0.3) is 0 Å². The van der Waals surface area contributed by atoms with Gasteiger partial charge in [-0.3, -0.25) is 9.59 Å². The van der Waals surface area contributed by atoms with E-state index in [1.165, 1.54) is 82.6 Å². The summed E-state index contributed by atoms with van der Waals surface area (Å²) in [6, 6.07) is 4.48. The molecule has 0 spiro atoms. The Kier molecular flexibility index (Phi) is 5.22. The van der Waals surface area contributed by atoms with E-state index < -0.39 is 0 Å². The lowest BCUT2D eigenvalue weighted by Gasteiger charge is -2.57. The topological polar surface area (TPSA) is 71.1 Å². The Hall–Kier alpha value is -1.91. The number of carbonyl (C=O) groups is 2. The van der Waals surface area contributed by atoms with Crippen LogP contribution in [0, 0.1) is 64.1 Å². The Morgan fingerprint density at radius 1 is 0.500 bits per heavy atom. The van der Waals surface area contributed by atoms with E-state index in [1.807, 2.05) is 0 Å². The van der Waals surface area contributed by atoms with Gasteiger partial charge >= 0.3 is 0 Å². The van der Waals surface area contributed by atoms with Crippen molar-refractivity contribution in [2.24, 2.45) is 64.1 Å². The molecule has 12 aliphatic rings. The highest BCUT2D eigenvalue weighted by Crippen LogP contribution is 2.63. The molecule has 0 aliphatic heterocycles. The van der Waals surface area contributed by atoms with E-state index in [2.05, 4.69) is 22.8 Å². The van der Waals surface area contributed by atoms with Gasteiger partial charge in [0.05, 0.1) is 10.8 Å². The summed E-state index contributed by atoms with van der Waals surface area (Å²) in [7, 11) is 0. The normalized spacial score (nSPS) is 50.3. The maximum Gasteiger partial charge on any atom is 0.231 e. The van der Waals surface area contributed by atoms with Crippen LogP contribution in [0.15, 0.2) is 12.1 Å². The molecule has 12 fully saturated rings. The number of amides is 2. The lowest BCUT2D eigenvalue weighted by molar-refractivity contribution is -0.140. The molecule has 5 nitrogen and oxygen atoms in total. The van der Waals surface area contributed by atoms with Crippen LogP contribution in [0.2, 0.25) is 0 Å². The first-order valence-corrected chi connectivity index (χ1v) is 18.0. The van der Waals surface area contributed by atoms with Crippen LogP contribution in [0.5, 0.6) is 0 Å². The predicted octanol–water partition coefficient (Wildman–Crippen LogP) is 7.86. The highest BCUT2D eigenvalue weighted by molar-refractivity contribution is 5.97. The second kappa shape index (κ2) is 8.62. The van der Waals surface area contributed by atoms with Crippen molar-refractivity contribution in [1.29, 1.82) is 0 Å². The fraction of sp³-hybridized carbons (Fsp3) is 0.811. The van der Waals surface area contributed by atoms with Gasteiger partial charge in [-0.05, 0) is 192 Å². The predicted molar refractivity (Wildman–Crippen MR) is 163 cm³/mol. The van der Waals surface area contributed by atoms with Gasteiger partial charge in [0, 0.05) is 0 Å².